The zero-order valence-corrected chi connectivity index (χ0v) is 16.6. The van der Waals surface area contributed by atoms with Crippen LogP contribution in [0.5, 0.6) is 5.75 Å². The minimum Gasteiger partial charge on any atom is -0.497 e. The van der Waals surface area contributed by atoms with Gasteiger partial charge in [-0.1, -0.05) is 6.07 Å². The van der Waals surface area contributed by atoms with Crippen LogP contribution in [0.3, 0.4) is 0 Å². The Labute approximate surface area is 163 Å². The number of likely N-dealkylation sites (N-methyl/N-ethyl adjacent to an activating group) is 1. The van der Waals surface area contributed by atoms with Gasteiger partial charge in [0.1, 0.15) is 11.0 Å². The molecule has 1 aliphatic rings. The number of anilines is 1. The first kappa shape index (κ1) is 21.0. The van der Waals surface area contributed by atoms with E-state index >= 15 is 0 Å². The predicted octanol–water partition coefficient (Wildman–Crippen LogP) is 0.683. The lowest BCUT2D eigenvalue weighted by atomic mass is 10.3. The second-order valence-electron chi connectivity index (χ2n) is 6.17. The Morgan fingerprint density at radius 2 is 2.07 bits per heavy atom. The standard InChI is InChI=1S/C18H25N3O5S/c1-20(11-16(22)19-13-5-4-6-14(9-13)25-2)12-17(23)21-7-8-27-15(10-21)18(24)26-3/h4-6,9,15H,7-8,10-12H2,1-3H3,(H,19,22)/t15-/m0/s1. The van der Waals surface area contributed by atoms with E-state index in [1.165, 1.54) is 18.9 Å². The lowest BCUT2D eigenvalue weighted by Crippen LogP contribution is -2.48. The van der Waals surface area contributed by atoms with Crippen molar-refractivity contribution in [2.75, 3.05) is 58.5 Å². The third kappa shape index (κ3) is 6.44. The Hall–Kier alpha value is -2.26. The molecule has 0 spiro atoms. The summed E-state index contributed by atoms with van der Waals surface area (Å²) in [5, 5.41) is 2.43. The van der Waals surface area contributed by atoms with E-state index in [0.717, 1.165) is 0 Å². The van der Waals surface area contributed by atoms with Crippen molar-refractivity contribution in [2.24, 2.45) is 0 Å². The smallest absolute Gasteiger partial charge is 0.320 e. The number of thioether (sulfide) groups is 1. The third-order valence-electron chi connectivity index (χ3n) is 4.06. The highest BCUT2D eigenvalue weighted by Gasteiger charge is 2.30. The minimum atomic E-state index is -0.352. The molecule has 1 aromatic carbocycles. The number of carbonyl (C=O) groups is 3. The largest absolute Gasteiger partial charge is 0.497 e. The van der Waals surface area contributed by atoms with Gasteiger partial charge in [-0.15, -0.1) is 11.8 Å². The first-order chi connectivity index (χ1) is 12.9. The zero-order valence-electron chi connectivity index (χ0n) is 15.8. The quantitative estimate of drug-likeness (QED) is 0.680. The van der Waals surface area contributed by atoms with Gasteiger partial charge in [-0.05, 0) is 19.2 Å². The van der Waals surface area contributed by atoms with Gasteiger partial charge in [0.25, 0.3) is 0 Å². The molecule has 0 bridgehead atoms. The lowest BCUT2D eigenvalue weighted by molar-refractivity contribution is -0.141. The van der Waals surface area contributed by atoms with Crippen molar-refractivity contribution in [2.45, 2.75) is 5.25 Å². The second-order valence-corrected chi connectivity index (χ2v) is 7.49. The van der Waals surface area contributed by atoms with Crippen LogP contribution < -0.4 is 10.1 Å². The number of hydrogen-bond donors (Lipinski definition) is 1. The Balaban J connectivity index is 1.81. The van der Waals surface area contributed by atoms with E-state index in [0.29, 0.717) is 30.3 Å². The number of amides is 2. The molecule has 9 heteroatoms. The molecular formula is C18H25N3O5S. The molecule has 1 atom stereocenters. The van der Waals surface area contributed by atoms with Gasteiger partial charge in [0, 0.05) is 30.6 Å². The van der Waals surface area contributed by atoms with E-state index in [-0.39, 0.29) is 36.1 Å². The Kier molecular flexibility index (Phi) is 7.93. The van der Waals surface area contributed by atoms with Crippen molar-refractivity contribution in [1.82, 2.24) is 9.80 Å². The molecule has 2 amide bonds. The summed E-state index contributed by atoms with van der Waals surface area (Å²) in [4.78, 5) is 39.6. The van der Waals surface area contributed by atoms with Gasteiger partial charge in [0.2, 0.25) is 11.8 Å². The van der Waals surface area contributed by atoms with Gasteiger partial charge in [0.15, 0.2) is 0 Å². The Morgan fingerprint density at radius 1 is 1.30 bits per heavy atom. The first-order valence-corrected chi connectivity index (χ1v) is 9.57. The number of carbonyl (C=O) groups excluding carboxylic acids is 3. The maximum absolute atomic E-state index is 12.5. The summed E-state index contributed by atoms with van der Waals surface area (Å²) in [6.45, 7) is 1.09. The van der Waals surface area contributed by atoms with Crippen molar-refractivity contribution in [3.05, 3.63) is 24.3 Å². The van der Waals surface area contributed by atoms with E-state index in [9.17, 15) is 14.4 Å². The molecule has 1 aromatic rings. The highest BCUT2D eigenvalue weighted by atomic mass is 32.2. The van der Waals surface area contributed by atoms with E-state index in [4.69, 9.17) is 9.47 Å². The van der Waals surface area contributed by atoms with Gasteiger partial charge < -0.3 is 19.7 Å². The summed E-state index contributed by atoms with van der Waals surface area (Å²) in [5.74, 6) is 0.690. The molecule has 1 saturated heterocycles. The number of nitrogens with zero attached hydrogens (tertiary/aromatic N) is 2. The summed E-state index contributed by atoms with van der Waals surface area (Å²) >= 11 is 1.49. The normalized spacial score (nSPS) is 16.7. The molecule has 0 radical (unpaired) electrons. The summed E-state index contributed by atoms with van der Waals surface area (Å²) in [7, 11) is 4.61. The third-order valence-corrected chi connectivity index (χ3v) is 5.22. The lowest BCUT2D eigenvalue weighted by Gasteiger charge is -2.32. The maximum Gasteiger partial charge on any atom is 0.320 e. The SMILES string of the molecule is COC(=O)[C@@H]1CN(C(=O)CN(C)CC(=O)Nc2cccc(OC)c2)CCS1. The van der Waals surface area contributed by atoms with Gasteiger partial charge in [-0.3, -0.25) is 19.3 Å². The van der Waals surface area contributed by atoms with E-state index < -0.39 is 0 Å². The van der Waals surface area contributed by atoms with Crippen molar-refractivity contribution in [1.29, 1.82) is 0 Å². The number of hydrogen-bond acceptors (Lipinski definition) is 7. The fourth-order valence-corrected chi connectivity index (χ4v) is 3.81. The molecule has 0 saturated carbocycles. The summed E-state index contributed by atoms with van der Waals surface area (Å²) in [6, 6.07) is 7.07. The highest BCUT2D eigenvalue weighted by molar-refractivity contribution is 8.00. The van der Waals surface area contributed by atoms with Crippen LogP contribution in [-0.2, 0) is 19.1 Å². The van der Waals surface area contributed by atoms with Crippen LogP contribution in [-0.4, -0.2) is 86.0 Å². The molecule has 1 aliphatic heterocycles. The molecule has 148 valence electrons. The van der Waals surface area contributed by atoms with Gasteiger partial charge in [-0.2, -0.15) is 0 Å². The van der Waals surface area contributed by atoms with Crippen molar-refractivity contribution >= 4 is 35.2 Å². The van der Waals surface area contributed by atoms with Crippen molar-refractivity contribution < 1.29 is 23.9 Å². The minimum absolute atomic E-state index is 0.0754. The summed E-state index contributed by atoms with van der Waals surface area (Å²) in [6.07, 6.45) is 0. The number of rotatable bonds is 7. The molecule has 0 aromatic heterocycles. The van der Waals surface area contributed by atoms with E-state index in [1.807, 2.05) is 0 Å². The average Bonchev–Trinajstić information content (AvgIpc) is 2.67. The molecular weight excluding hydrogens is 370 g/mol. The van der Waals surface area contributed by atoms with Crippen LogP contribution in [0.15, 0.2) is 24.3 Å². The predicted molar refractivity (Wildman–Crippen MR) is 104 cm³/mol. The Bertz CT molecular complexity index is 685. The number of esters is 1. The molecule has 1 fully saturated rings. The van der Waals surface area contributed by atoms with Crippen LogP contribution in [0.2, 0.25) is 0 Å². The number of ether oxygens (including phenoxy) is 2. The number of methoxy groups -OCH3 is 2. The van der Waals surface area contributed by atoms with Crippen LogP contribution in [0.1, 0.15) is 0 Å². The molecule has 1 heterocycles. The van der Waals surface area contributed by atoms with Gasteiger partial charge in [0.05, 0.1) is 27.3 Å². The number of benzene rings is 1. The zero-order chi connectivity index (χ0) is 19.8. The monoisotopic (exact) mass is 395 g/mol. The van der Waals surface area contributed by atoms with E-state index in [2.05, 4.69) is 5.32 Å². The highest BCUT2D eigenvalue weighted by Crippen LogP contribution is 2.20. The van der Waals surface area contributed by atoms with Crippen LogP contribution in [0, 0.1) is 0 Å². The van der Waals surface area contributed by atoms with Crippen molar-refractivity contribution in [3.63, 3.8) is 0 Å². The molecule has 8 nitrogen and oxygen atoms in total. The summed E-state index contributed by atoms with van der Waals surface area (Å²) in [5.41, 5.74) is 0.632. The Morgan fingerprint density at radius 3 is 2.78 bits per heavy atom. The fourth-order valence-electron chi connectivity index (χ4n) is 2.68. The summed E-state index contributed by atoms with van der Waals surface area (Å²) < 4.78 is 9.88. The van der Waals surface area contributed by atoms with Crippen LogP contribution in [0.4, 0.5) is 5.69 Å². The van der Waals surface area contributed by atoms with E-state index in [1.54, 1.807) is 48.2 Å². The topological polar surface area (TPSA) is 88.2 Å². The fraction of sp³-hybridized carbons (Fsp3) is 0.500. The average molecular weight is 395 g/mol. The van der Waals surface area contributed by atoms with Gasteiger partial charge >= 0.3 is 5.97 Å². The first-order valence-electron chi connectivity index (χ1n) is 8.52. The molecule has 27 heavy (non-hydrogen) atoms. The van der Waals surface area contributed by atoms with Crippen molar-refractivity contribution in [3.8, 4) is 5.75 Å². The van der Waals surface area contributed by atoms with Crippen LogP contribution >= 0.6 is 11.8 Å². The molecule has 0 aliphatic carbocycles. The maximum atomic E-state index is 12.5. The van der Waals surface area contributed by atoms with Gasteiger partial charge in [-0.25, -0.2) is 0 Å². The molecule has 2 rings (SSSR count). The molecule has 1 N–H and O–H groups in total. The molecule has 0 unspecified atom stereocenters. The van der Waals surface area contributed by atoms with Crippen LogP contribution in [0.25, 0.3) is 0 Å². The number of nitrogens with one attached hydrogen (secondary N) is 1. The second kappa shape index (κ2) is 10.2.